The van der Waals surface area contributed by atoms with Crippen LogP contribution in [0.25, 0.3) is 0 Å². The molecule has 0 unspecified atom stereocenters. The Labute approximate surface area is 153 Å². The number of nitro benzene ring substituents is 1. The topological polar surface area (TPSA) is 89.5 Å². The summed E-state index contributed by atoms with van der Waals surface area (Å²) in [5.41, 5.74) is 7.40. The highest BCUT2D eigenvalue weighted by molar-refractivity contribution is 5.85. The third-order valence-electron chi connectivity index (χ3n) is 3.74. The van der Waals surface area contributed by atoms with Gasteiger partial charge in [-0.2, -0.15) is 0 Å². The number of nitrogens with zero attached hydrogens (tertiary/aromatic N) is 2. The Morgan fingerprint density at radius 1 is 1.04 bits per heavy atom. The van der Waals surface area contributed by atoms with Crippen LogP contribution in [0.4, 0.5) is 5.69 Å². The summed E-state index contributed by atoms with van der Waals surface area (Å²) in [6.07, 6.45) is 0.887. The molecule has 0 heterocycles. The van der Waals surface area contributed by atoms with Gasteiger partial charge in [-0.25, -0.2) is 0 Å². The first-order valence-electron chi connectivity index (χ1n) is 7.85. The van der Waals surface area contributed by atoms with Crippen molar-refractivity contribution in [2.45, 2.75) is 12.8 Å². The average Bonchev–Trinajstić information content (AvgIpc) is 2.59. The fourth-order valence-electron chi connectivity index (χ4n) is 2.49. The second-order valence-corrected chi connectivity index (χ2v) is 5.51. The summed E-state index contributed by atoms with van der Waals surface area (Å²) in [6.45, 7) is 1.44. The van der Waals surface area contributed by atoms with Crippen molar-refractivity contribution in [2.24, 2.45) is 5.73 Å². The second kappa shape index (κ2) is 10.4. The van der Waals surface area contributed by atoms with Crippen molar-refractivity contribution in [1.82, 2.24) is 4.90 Å². The van der Waals surface area contributed by atoms with Crippen LogP contribution >= 0.6 is 12.4 Å². The Hall–Kier alpha value is -2.44. The third-order valence-corrected chi connectivity index (χ3v) is 3.74. The molecule has 0 atom stereocenters. The quantitative estimate of drug-likeness (QED) is 0.576. The van der Waals surface area contributed by atoms with Gasteiger partial charge >= 0.3 is 0 Å². The normalized spacial score (nSPS) is 9.96. The van der Waals surface area contributed by atoms with Gasteiger partial charge in [0.05, 0.1) is 11.3 Å². The van der Waals surface area contributed by atoms with Crippen LogP contribution in [0.3, 0.4) is 0 Å². The number of carbonyl (C=O) groups is 1. The number of carbonyl (C=O) groups excluding carboxylic acids is 1. The Morgan fingerprint density at radius 2 is 1.72 bits per heavy atom. The zero-order valence-electron chi connectivity index (χ0n) is 13.8. The van der Waals surface area contributed by atoms with E-state index in [1.807, 2.05) is 30.3 Å². The molecule has 0 saturated heterocycles. The van der Waals surface area contributed by atoms with Crippen molar-refractivity contribution >= 4 is 24.0 Å². The van der Waals surface area contributed by atoms with Gasteiger partial charge in [0.2, 0.25) is 5.91 Å². The van der Waals surface area contributed by atoms with E-state index in [-0.39, 0.29) is 30.4 Å². The number of nitro groups is 1. The Bertz CT molecular complexity index is 695. The minimum absolute atomic E-state index is 0. The molecular weight excluding hydrogens is 342 g/mol. The van der Waals surface area contributed by atoms with Gasteiger partial charge in [-0.05, 0) is 17.5 Å². The molecule has 25 heavy (non-hydrogen) atoms. The number of nitrogens with two attached hydrogens (primary N) is 1. The molecule has 0 bridgehead atoms. The van der Waals surface area contributed by atoms with E-state index < -0.39 is 4.92 Å². The first kappa shape index (κ1) is 20.6. The summed E-state index contributed by atoms with van der Waals surface area (Å²) < 4.78 is 0. The van der Waals surface area contributed by atoms with E-state index in [1.165, 1.54) is 12.1 Å². The molecule has 0 saturated carbocycles. The Morgan fingerprint density at radius 3 is 2.36 bits per heavy atom. The van der Waals surface area contributed by atoms with Crippen molar-refractivity contribution in [3.8, 4) is 0 Å². The standard InChI is InChI=1S/C18H21N3O3.ClH/c19-10-12-20(11-9-15-5-2-1-3-6-15)18(22)14-16-7-4-8-17(13-16)21(23)24;/h1-8,13H,9-12,14,19H2;1H. The van der Waals surface area contributed by atoms with Crippen LogP contribution < -0.4 is 5.73 Å². The van der Waals surface area contributed by atoms with Gasteiger partial charge < -0.3 is 10.6 Å². The fourth-order valence-corrected chi connectivity index (χ4v) is 2.49. The van der Waals surface area contributed by atoms with E-state index >= 15 is 0 Å². The summed E-state index contributed by atoms with van der Waals surface area (Å²) in [6, 6.07) is 16.1. The van der Waals surface area contributed by atoms with Crippen LogP contribution in [0, 0.1) is 10.1 Å². The summed E-state index contributed by atoms with van der Waals surface area (Å²) in [5.74, 6) is -0.0723. The average molecular weight is 364 g/mol. The second-order valence-electron chi connectivity index (χ2n) is 5.51. The molecule has 0 spiro atoms. The van der Waals surface area contributed by atoms with Crippen molar-refractivity contribution in [3.05, 3.63) is 75.8 Å². The van der Waals surface area contributed by atoms with Gasteiger partial charge in [0.25, 0.3) is 5.69 Å². The maximum atomic E-state index is 12.5. The lowest BCUT2D eigenvalue weighted by atomic mass is 10.1. The highest BCUT2D eigenvalue weighted by atomic mass is 35.5. The Kier molecular flexibility index (Phi) is 8.60. The zero-order chi connectivity index (χ0) is 17.4. The minimum Gasteiger partial charge on any atom is -0.341 e. The lowest BCUT2D eigenvalue weighted by molar-refractivity contribution is -0.384. The molecule has 0 aliphatic carbocycles. The van der Waals surface area contributed by atoms with Gasteiger partial charge in [-0.15, -0.1) is 12.4 Å². The highest BCUT2D eigenvalue weighted by Gasteiger charge is 2.15. The molecule has 134 valence electrons. The molecule has 0 aliphatic heterocycles. The maximum absolute atomic E-state index is 12.5. The van der Waals surface area contributed by atoms with Crippen molar-refractivity contribution in [1.29, 1.82) is 0 Å². The molecule has 0 aliphatic rings. The predicted octanol–water partition coefficient (Wildman–Crippen LogP) is 2.59. The summed E-state index contributed by atoms with van der Waals surface area (Å²) in [5, 5.41) is 10.8. The van der Waals surface area contributed by atoms with Gasteiger partial charge in [-0.3, -0.25) is 14.9 Å². The van der Waals surface area contributed by atoms with E-state index in [9.17, 15) is 14.9 Å². The largest absolute Gasteiger partial charge is 0.341 e. The molecule has 2 aromatic carbocycles. The Balaban J connectivity index is 0.00000312. The lowest BCUT2D eigenvalue weighted by Gasteiger charge is -2.22. The molecule has 2 aromatic rings. The smallest absolute Gasteiger partial charge is 0.269 e. The number of halogens is 1. The van der Waals surface area contributed by atoms with Gasteiger partial charge in [0.15, 0.2) is 0 Å². The third kappa shape index (κ3) is 6.52. The SMILES string of the molecule is Cl.NCCN(CCc1ccccc1)C(=O)Cc1cccc([N+](=O)[O-])c1. The molecule has 1 amide bonds. The molecular formula is C18H22ClN3O3. The highest BCUT2D eigenvalue weighted by Crippen LogP contribution is 2.14. The van der Waals surface area contributed by atoms with Crippen LogP contribution in [-0.4, -0.2) is 35.4 Å². The van der Waals surface area contributed by atoms with Crippen molar-refractivity contribution in [2.75, 3.05) is 19.6 Å². The van der Waals surface area contributed by atoms with E-state index in [2.05, 4.69) is 0 Å². The van der Waals surface area contributed by atoms with Crippen LogP contribution in [0.1, 0.15) is 11.1 Å². The van der Waals surface area contributed by atoms with E-state index in [1.54, 1.807) is 17.0 Å². The molecule has 6 nitrogen and oxygen atoms in total. The van der Waals surface area contributed by atoms with Gasteiger partial charge in [0, 0.05) is 31.8 Å². The first-order valence-corrected chi connectivity index (χ1v) is 7.85. The monoisotopic (exact) mass is 363 g/mol. The summed E-state index contributed by atoms with van der Waals surface area (Å²) in [7, 11) is 0. The molecule has 0 fully saturated rings. The zero-order valence-corrected chi connectivity index (χ0v) is 14.7. The fraction of sp³-hybridized carbons (Fsp3) is 0.278. The van der Waals surface area contributed by atoms with Crippen molar-refractivity contribution in [3.63, 3.8) is 0 Å². The summed E-state index contributed by atoms with van der Waals surface area (Å²) in [4.78, 5) is 24.6. The minimum atomic E-state index is -0.457. The number of rotatable bonds is 8. The van der Waals surface area contributed by atoms with Gasteiger partial charge in [-0.1, -0.05) is 42.5 Å². The van der Waals surface area contributed by atoms with E-state index in [0.717, 1.165) is 12.0 Å². The lowest BCUT2D eigenvalue weighted by Crippen LogP contribution is -2.37. The summed E-state index contributed by atoms with van der Waals surface area (Å²) >= 11 is 0. The predicted molar refractivity (Wildman–Crippen MR) is 99.8 cm³/mol. The number of hydrogen-bond donors (Lipinski definition) is 1. The molecule has 0 aromatic heterocycles. The molecule has 7 heteroatoms. The van der Waals surface area contributed by atoms with Crippen molar-refractivity contribution < 1.29 is 9.72 Å². The number of non-ortho nitro benzene ring substituents is 1. The molecule has 0 radical (unpaired) electrons. The maximum Gasteiger partial charge on any atom is 0.269 e. The van der Waals surface area contributed by atoms with Crippen LogP contribution in [-0.2, 0) is 17.6 Å². The first-order chi connectivity index (χ1) is 11.6. The van der Waals surface area contributed by atoms with Crippen LogP contribution in [0.2, 0.25) is 0 Å². The number of benzene rings is 2. The van der Waals surface area contributed by atoms with Crippen LogP contribution in [0.5, 0.6) is 0 Å². The molecule has 2 rings (SSSR count). The van der Waals surface area contributed by atoms with E-state index in [0.29, 0.717) is 25.2 Å². The molecule has 2 N–H and O–H groups in total. The number of amides is 1. The van der Waals surface area contributed by atoms with E-state index in [4.69, 9.17) is 5.73 Å². The number of hydrogen-bond acceptors (Lipinski definition) is 4. The van der Waals surface area contributed by atoms with Gasteiger partial charge in [0.1, 0.15) is 0 Å². The van der Waals surface area contributed by atoms with Crippen LogP contribution in [0.15, 0.2) is 54.6 Å².